The number of aromatic nitrogens is 1. The maximum Gasteiger partial charge on any atom is 0.193 e. The summed E-state index contributed by atoms with van der Waals surface area (Å²) in [6, 6.07) is 1.73. The fraction of sp³-hybridized carbons (Fsp3) is 0.538. The Morgan fingerprint density at radius 2 is 2.41 bits per heavy atom. The van der Waals surface area contributed by atoms with Crippen LogP contribution >= 0.6 is 0 Å². The van der Waals surface area contributed by atoms with E-state index in [-0.39, 0.29) is 17.8 Å². The maximum absolute atomic E-state index is 12.2. The van der Waals surface area contributed by atoms with E-state index >= 15 is 0 Å². The molecule has 2 heterocycles. The lowest BCUT2D eigenvalue weighted by atomic mass is 9.97. The van der Waals surface area contributed by atoms with Gasteiger partial charge in [0.1, 0.15) is 11.9 Å². The van der Waals surface area contributed by atoms with E-state index in [4.69, 9.17) is 9.47 Å². The van der Waals surface area contributed by atoms with Gasteiger partial charge in [-0.05, 0) is 25.3 Å². The molecule has 17 heavy (non-hydrogen) atoms. The zero-order valence-electron chi connectivity index (χ0n) is 10.2. The highest BCUT2D eigenvalue weighted by Gasteiger charge is 2.31. The van der Waals surface area contributed by atoms with Crippen molar-refractivity contribution < 1.29 is 14.3 Å². The van der Waals surface area contributed by atoms with E-state index in [1.165, 1.54) is 0 Å². The summed E-state index contributed by atoms with van der Waals surface area (Å²) in [5.41, 5.74) is 0.565. The van der Waals surface area contributed by atoms with Gasteiger partial charge in [-0.2, -0.15) is 0 Å². The Morgan fingerprint density at radius 1 is 1.59 bits per heavy atom. The van der Waals surface area contributed by atoms with Gasteiger partial charge in [0.15, 0.2) is 5.78 Å². The Morgan fingerprint density at radius 3 is 3.06 bits per heavy atom. The first-order valence-corrected chi connectivity index (χ1v) is 5.96. The van der Waals surface area contributed by atoms with Crippen molar-refractivity contribution in [2.24, 2.45) is 5.92 Å². The number of pyridine rings is 1. The van der Waals surface area contributed by atoms with Crippen molar-refractivity contribution in [1.82, 2.24) is 4.98 Å². The molecule has 1 saturated heterocycles. The minimum absolute atomic E-state index is 0.00375. The summed E-state index contributed by atoms with van der Waals surface area (Å²) in [5, 5.41) is 0. The predicted molar refractivity (Wildman–Crippen MR) is 63.3 cm³/mol. The number of nitrogens with zero attached hydrogens (tertiary/aromatic N) is 1. The summed E-state index contributed by atoms with van der Waals surface area (Å²) >= 11 is 0. The molecule has 2 rings (SSSR count). The van der Waals surface area contributed by atoms with Gasteiger partial charge >= 0.3 is 0 Å². The van der Waals surface area contributed by atoms with Crippen molar-refractivity contribution >= 4 is 5.78 Å². The molecule has 0 saturated carbocycles. The van der Waals surface area contributed by atoms with Gasteiger partial charge in [0.25, 0.3) is 0 Å². The summed E-state index contributed by atoms with van der Waals surface area (Å²) < 4.78 is 10.8. The zero-order valence-corrected chi connectivity index (χ0v) is 10.2. The zero-order chi connectivity index (χ0) is 12.3. The second-order valence-electron chi connectivity index (χ2n) is 4.26. The van der Waals surface area contributed by atoms with Crippen LogP contribution in [0.1, 0.15) is 30.6 Å². The number of rotatable bonds is 4. The highest BCUT2D eigenvalue weighted by Crippen LogP contribution is 2.24. The number of carbonyl (C=O) groups excluding carboxylic acids is 1. The molecule has 1 aromatic heterocycles. The number of Topliss-reactive ketones (excluding diaryl/α,β-unsaturated/α-hetero) is 1. The first kappa shape index (κ1) is 12.0. The molecule has 1 fully saturated rings. The Labute approximate surface area is 101 Å². The van der Waals surface area contributed by atoms with Crippen LogP contribution in [-0.2, 0) is 4.74 Å². The van der Waals surface area contributed by atoms with Gasteiger partial charge in [-0.3, -0.25) is 9.78 Å². The number of carbonyl (C=O) groups is 1. The molecule has 4 heteroatoms. The SMILES string of the molecule is CCOc1cncc(C(=O)C2OCCC2C)c1. The van der Waals surface area contributed by atoms with E-state index in [9.17, 15) is 4.79 Å². The molecular weight excluding hydrogens is 218 g/mol. The van der Waals surface area contributed by atoms with Crippen LogP contribution in [0.3, 0.4) is 0 Å². The lowest BCUT2D eigenvalue weighted by molar-refractivity contribution is 0.0578. The molecule has 4 nitrogen and oxygen atoms in total. The van der Waals surface area contributed by atoms with Crippen molar-refractivity contribution in [2.75, 3.05) is 13.2 Å². The summed E-state index contributed by atoms with van der Waals surface area (Å²) in [7, 11) is 0. The normalized spacial score (nSPS) is 23.6. The van der Waals surface area contributed by atoms with Crippen molar-refractivity contribution in [1.29, 1.82) is 0 Å². The van der Waals surface area contributed by atoms with E-state index < -0.39 is 0 Å². The fourth-order valence-corrected chi connectivity index (χ4v) is 1.99. The first-order valence-electron chi connectivity index (χ1n) is 5.96. The fourth-order valence-electron chi connectivity index (χ4n) is 1.99. The van der Waals surface area contributed by atoms with Crippen molar-refractivity contribution in [2.45, 2.75) is 26.4 Å². The molecular formula is C13H17NO3. The Balaban J connectivity index is 2.15. The minimum Gasteiger partial charge on any atom is -0.492 e. The quantitative estimate of drug-likeness (QED) is 0.750. The molecule has 1 aliphatic heterocycles. The van der Waals surface area contributed by atoms with Crippen molar-refractivity contribution in [3.8, 4) is 5.75 Å². The van der Waals surface area contributed by atoms with Gasteiger partial charge in [0.05, 0.1) is 12.8 Å². The minimum atomic E-state index is -0.325. The number of hydrogen-bond acceptors (Lipinski definition) is 4. The highest BCUT2D eigenvalue weighted by atomic mass is 16.5. The van der Waals surface area contributed by atoms with E-state index in [0.29, 0.717) is 24.5 Å². The smallest absolute Gasteiger partial charge is 0.193 e. The van der Waals surface area contributed by atoms with Crippen LogP contribution in [0.25, 0.3) is 0 Å². The van der Waals surface area contributed by atoms with E-state index in [2.05, 4.69) is 4.98 Å². The van der Waals surface area contributed by atoms with Crippen LogP contribution in [0, 0.1) is 5.92 Å². The van der Waals surface area contributed by atoms with Gasteiger partial charge in [-0.1, -0.05) is 6.92 Å². The van der Waals surface area contributed by atoms with E-state index in [1.54, 1.807) is 18.5 Å². The maximum atomic E-state index is 12.2. The molecule has 0 bridgehead atoms. The Bertz CT molecular complexity index is 405. The second kappa shape index (κ2) is 5.27. The molecule has 1 aliphatic rings. The molecule has 0 radical (unpaired) electrons. The second-order valence-corrected chi connectivity index (χ2v) is 4.26. The molecule has 2 unspecified atom stereocenters. The molecule has 0 aromatic carbocycles. The molecule has 92 valence electrons. The van der Waals surface area contributed by atoms with Crippen molar-refractivity contribution in [3.05, 3.63) is 24.0 Å². The van der Waals surface area contributed by atoms with Gasteiger partial charge in [-0.15, -0.1) is 0 Å². The molecule has 2 atom stereocenters. The predicted octanol–water partition coefficient (Wildman–Crippen LogP) is 2.09. The van der Waals surface area contributed by atoms with Crippen LogP contribution in [0.2, 0.25) is 0 Å². The van der Waals surface area contributed by atoms with Gasteiger partial charge in [0, 0.05) is 18.4 Å². The molecule has 0 amide bonds. The van der Waals surface area contributed by atoms with Crippen LogP contribution in [0.5, 0.6) is 5.75 Å². The van der Waals surface area contributed by atoms with Gasteiger partial charge in [0.2, 0.25) is 0 Å². The first-order chi connectivity index (χ1) is 8.22. The van der Waals surface area contributed by atoms with Crippen LogP contribution in [-0.4, -0.2) is 30.1 Å². The van der Waals surface area contributed by atoms with Gasteiger partial charge < -0.3 is 9.47 Å². The van der Waals surface area contributed by atoms with E-state index in [0.717, 1.165) is 6.42 Å². The molecule has 0 aliphatic carbocycles. The Kier molecular flexibility index (Phi) is 3.74. The molecule has 1 aromatic rings. The van der Waals surface area contributed by atoms with Crippen LogP contribution in [0.4, 0.5) is 0 Å². The Hall–Kier alpha value is -1.42. The standard InChI is InChI=1S/C13H17NO3/c1-3-16-11-6-10(7-14-8-11)12(15)13-9(2)4-5-17-13/h6-9,13H,3-5H2,1-2H3. The topological polar surface area (TPSA) is 48.4 Å². The van der Waals surface area contributed by atoms with Crippen molar-refractivity contribution in [3.63, 3.8) is 0 Å². The third-order valence-corrected chi connectivity index (χ3v) is 2.95. The number of ketones is 1. The number of hydrogen-bond donors (Lipinski definition) is 0. The average Bonchev–Trinajstić information content (AvgIpc) is 2.75. The van der Waals surface area contributed by atoms with Crippen LogP contribution < -0.4 is 4.74 Å². The lowest BCUT2D eigenvalue weighted by Crippen LogP contribution is -2.25. The summed E-state index contributed by atoms with van der Waals surface area (Å²) in [6.07, 6.45) is 3.79. The molecule has 0 spiro atoms. The average molecular weight is 235 g/mol. The summed E-state index contributed by atoms with van der Waals surface area (Å²) in [4.78, 5) is 16.2. The summed E-state index contributed by atoms with van der Waals surface area (Å²) in [5.74, 6) is 0.909. The molecule has 0 N–H and O–H groups in total. The lowest BCUT2D eigenvalue weighted by Gasteiger charge is -2.13. The van der Waals surface area contributed by atoms with E-state index in [1.807, 2.05) is 13.8 Å². The van der Waals surface area contributed by atoms with Crippen LogP contribution in [0.15, 0.2) is 18.5 Å². The summed E-state index contributed by atoms with van der Waals surface area (Å²) in [6.45, 7) is 5.16. The third-order valence-electron chi connectivity index (χ3n) is 2.95. The monoisotopic (exact) mass is 235 g/mol. The van der Waals surface area contributed by atoms with Gasteiger partial charge in [-0.25, -0.2) is 0 Å². The third kappa shape index (κ3) is 2.64. The largest absolute Gasteiger partial charge is 0.492 e. The highest BCUT2D eigenvalue weighted by molar-refractivity contribution is 5.99. The number of ether oxygens (including phenoxy) is 2.